The highest BCUT2D eigenvalue weighted by Gasteiger charge is 2.14. The maximum absolute atomic E-state index is 12.7. The number of carbonyl (C=O) groups excluding carboxylic acids is 1. The Hall–Kier alpha value is -2.40. The van der Waals surface area contributed by atoms with Gasteiger partial charge in [-0.15, -0.1) is 0 Å². The van der Waals surface area contributed by atoms with Crippen LogP contribution in [0.1, 0.15) is 24.0 Å². The zero-order chi connectivity index (χ0) is 17.3. The van der Waals surface area contributed by atoms with E-state index in [4.69, 9.17) is 0 Å². The van der Waals surface area contributed by atoms with Gasteiger partial charge in [-0.05, 0) is 40.8 Å². The van der Waals surface area contributed by atoms with Crippen molar-refractivity contribution in [2.24, 2.45) is 0 Å². The lowest BCUT2D eigenvalue weighted by Gasteiger charge is -2.22. The van der Waals surface area contributed by atoms with Crippen molar-refractivity contribution in [1.29, 1.82) is 0 Å². The van der Waals surface area contributed by atoms with Crippen molar-refractivity contribution < 1.29 is 4.79 Å². The van der Waals surface area contributed by atoms with Crippen LogP contribution in [-0.4, -0.2) is 26.9 Å². The highest BCUT2D eigenvalue weighted by Crippen LogP contribution is 2.13. The molecule has 0 aliphatic heterocycles. The zero-order valence-corrected chi connectivity index (χ0v) is 15.1. The predicted molar refractivity (Wildman–Crippen MR) is 101 cm³/mol. The van der Waals surface area contributed by atoms with E-state index in [1.54, 1.807) is 17.5 Å². The Morgan fingerprint density at radius 3 is 2.76 bits per heavy atom. The molecule has 5 heteroatoms. The summed E-state index contributed by atoms with van der Waals surface area (Å²) in [5.41, 5.74) is 2.42. The number of thiophene rings is 1. The zero-order valence-electron chi connectivity index (χ0n) is 14.3. The molecule has 0 bridgehead atoms. The van der Waals surface area contributed by atoms with E-state index in [-0.39, 0.29) is 5.91 Å². The molecule has 0 aliphatic carbocycles. The Morgan fingerprint density at radius 1 is 1.16 bits per heavy atom. The van der Waals surface area contributed by atoms with Crippen LogP contribution in [0.25, 0.3) is 0 Å². The van der Waals surface area contributed by atoms with Gasteiger partial charge in [-0.3, -0.25) is 4.79 Å². The number of benzene rings is 1. The third kappa shape index (κ3) is 5.57. The minimum absolute atomic E-state index is 0.223. The lowest BCUT2D eigenvalue weighted by molar-refractivity contribution is -0.131. The number of aryl methyl sites for hydroxylation is 2. The number of rotatable bonds is 9. The maximum atomic E-state index is 12.7. The van der Waals surface area contributed by atoms with Gasteiger partial charge in [-0.1, -0.05) is 30.3 Å². The van der Waals surface area contributed by atoms with Crippen LogP contribution in [0.3, 0.4) is 0 Å². The topological polar surface area (TPSA) is 38.1 Å². The Labute approximate surface area is 152 Å². The Kier molecular flexibility index (Phi) is 6.40. The number of amides is 1. The Bertz CT molecular complexity index is 739. The SMILES string of the molecule is O=C(CCc1ccccc1)N(CCCn1ccnc1)Cc1ccsc1. The molecule has 0 spiro atoms. The van der Waals surface area contributed by atoms with E-state index in [1.807, 2.05) is 35.6 Å². The van der Waals surface area contributed by atoms with E-state index >= 15 is 0 Å². The van der Waals surface area contributed by atoms with Gasteiger partial charge in [0.15, 0.2) is 0 Å². The first kappa shape index (κ1) is 17.4. The average molecular weight is 353 g/mol. The summed E-state index contributed by atoms with van der Waals surface area (Å²) in [6.07, 6.45) is 7.84. The van der Waals surface area contributed by atoms with Gasteiger partial charge in [0.2, 0.25) is 5.91 Å². The molecule has 2 heterocycles. The van der Waals surface area contributed by atoms with Crippen LogP contribution >= 0.6 is 11.3 Å². The maximum Gasteiger partial charge on any atom is 0.223 e. The molecule has 0 saturated carbocycles. The number of hydrogen-bond acceptors (Lipinski definition) is 3. The van der Waals surface area contributed by atoms with E-state index in [0.29, 0.717) is 13.0 Å². The first-order chi connectivity index (χ1) is 12.3. The van der Waals surface area contributed by atoms with Crippen molar-refractivity contribution in [1.82, 2.24) is 14.5 Å². The van der Waals surface area contributed by atoms with Crippen LogP contribution in [0, 0.1) is 0 Å². The van der Waals surface area contributed by atoms with E-state index < -0.39 is 0 Å². The average Bonchev–Trinajstić information content (AvgIpc) is 3.33. The van der Waals surface area contributed by atoms with Crippen molar-refractivity contribution in [3.8, 4) is 0 Å². The van der Waals surface area contributed by atoms with Crippen molar-refractivity contribution in [3.05, 3.63) is 77.0 Å². The fraction of sp³-hybridized carbons (Fsp3) is 0.300. The Morgan fingerprint density at radius 2 is 2.04 bits per heavy atom. The molecule has 3 rings (SSSR count). The number of hydrogen-bond donors (Lipinski definition) is 0. The number of carbonyl (C=O) groups is 1. The predicted octanol–water partition coefficient (Wildman–Crippen LogP) is 4.00. The summed E-state index contributed by atoms with van der Waals surface area (Å²) in [4.78, 5) is 18.8. The third-order valence-corrected chi connectivity index (χ3v) is 4.91. The summed E-state index contributed by atoms with van der Waals surface area (Å²) in [5, 5.41) is 4.18. The van der Waals surface area contributed by atoms with Crippen LogP contribution in [0.5, 0.6) is 0 Å². The summed E-state index contributed by atoms with van der Waals surface area (Å²) < 4.78 is 2.05. The normalized spacial score (nSPS) is 10.7. The third-order valence-electron chi connectivity index (χ3n) is 4.18. The quantitative estimate of drug-likeness (QED) is 0.583. The molecule has 25 heavy (non-hydrogen) atoms. The van der Waals surface area contributed by atoms with Crippen molar-refractivity contribution in [2.75, 3.05) is 6.54 Å². The van der Waals surface area contributed by atoms with Crippen LogP contribution < -0.4 is 0 Å². The lowest BCUT2D eigenvalue weighted by Crippen LogP contribution is -2.32. The molecule has 0 radical (unpaired) electrons. The Balaban J connectivity index is 1.55. The summed E-state index contributed by atoms with van der Waals surface area (Å²) in [6, 6.07) is 12.3. The molecule has 0 N–H and O–H groups in total. The van der Waals surface area contributed by atoms with E-state index in [9.17, 15) is 4.79 Å². The minimum Gasteiger partial charge on any atom is -0.338 e. The molecule has 0 unspecified atom stereocenters. The standard InChI is InChI=1S/C20H23N3OS/c24-20(8-7-18-5-2-1-3-6-18)23(15-19-9-14-25-16-19)12-4-11-22-13-10-21-17-22/h1-3,5-6,9-10,13-14,16-17H,4,7-8,11-12,15H2. The fourth-order valence-corrected chi connectivity index (χ4v) is 3.47. The molecule has 1 aromatic carbocycles. The molecule has 130 valence electrons. The molecule has 3 aromatic rings. The van der Waals surface area contributed by atoms with Gasteiger partial charge in [0.05, 0.1) is 6.33 Å². The van der Waals surface area contributed by atoms with Gasteiger partial charge in [0.1, 0.15) is 0 Å². The van der Waals surface area contributed by atoms with E-state index in [0.717, 1.165) is 25.9 Å². The number of aromatic nitrogens is 2. The van der Waals surface area contributed by atoms with Gasteiger partial charge in [-0.25, -0.2) is 4.98 Å². The van der Waals surface area contributed by atoms with Gasteiger partial charge >= 0.3 is 0 Å². The first-order valence-corrected chi connectivity index (χ1v) is 9.54. The highest BCUT2D eigenvalue weighted by atomic mass is 32.1. The lowest BCUT2D eigenvalue weighted by atomic mass is 10.1. The smallest absolute Gasteiger partial charge is 0.223 e. The highest BCUT2D eigenvalue weighted by molar-refractivity contribution is 7.07. The molecule has 0 atom stereocenters. The van der Waals surface area contributed by atoms with Crippen molar-refractivity contribution >= 4 is 17.2 Å². The second-order valence-electron chi connectivity index (χ2n) is 6.09. The van der Waals surface area contributed by atoms with Crippen LogP contribution in [-0.2, 0) is 24.3 Å². The molecular formula is C20H23N3OS. The summed E-state index contributed by atoms with van der Waals surface area (Å²) >= 11 is 1.68. The molecular weight excluding hydrogens is 330 g/mol. The molecule has 0 saturated heterocycles. The molecule has 0 aliphatic rings. The first-order valence-electron chi connectivity index (χ1n) is 8.60. The van der Waals surface area contributed by atoms with Crippen LogP contribution in [0.4, 0.5) is 0 Å². The monoisotopic (exact) mass is 353 g/mol. The minimum atomic E-state index is 0.223. The van der Waals surface area contributed by atoms with Crippen LogP contribution in [0.2, 0.25) is 0 Å². The van der Waals surface area contributed by atoms with Gasteiger partial charge in [0.25, 0.3) is 0 Å². The van der Waals surface area contributed by atoms with Crippen molar-refractivity contribution in [2.45, 2.75) is 32.4 Å². The second-order valence-corrected chi connectivity index (χ2v) is 6.87. The molecule has 0 fully saturated rings. The fourth-order valence-electron chi connectivity index (χ4n) is 2.81. The molecule has 2 aromatic heterocycles. The van der Waals surface area contributed by atoms with Gasteiger partial charge < -0.3 is 9.47 Å². The second kappa shape index (κ2) is 9.18. The summed E-state index contributed by atoms with van der Waals surface area (Å²) in [7, 11) is 0. The molecule has 1 amide bonds. The largest absolute Gasteiger partial charge is 0.338 e. The van der Waals surface area contributed by atoms with Gasteiger partial charge in [-0.2, -0.15) is 11.3 Å². The molecule has 4 nitrogen and oxygen atoms in total. The van der Waals surface area contributed by atoms with E-state index in [1.165, 1.54) is 11.1 Å². The summed E-state index contributed by atoms with van der Waals surface area (Å²) in [5.74, 6) is 0.223. The number of imidazole rings is 1. The van der Waals surface area contributed by atoms with Gasteiger partial charge in [0, 0.05) is 38.4 Å². The number of nitrogens with zero attached hydrogens (tertiary/aromatic N) is 3. The van der Waals surface area contributed by atoms with E-state index in [2.05, 4.69) is 38.5 Å². The summed E-state index contributed by atoms with van der Waals surface area (Å²) in [6.45, 7) is 2.34. The van der Waals surface area contributed by atoms with Crippen molar-refractivity contribution in [3.63, 3.8) is 0 Å². The van der Waals surface area contributed by atoms with Crippen LogP contribution in [0.15, 0.2) is 65.9 Å².